The third-order valence-corrected chi connectivity index (χ3v) is 6.46. The van der Waals surface area contributed by atoms with Crippen LogP contribution in [0.5, 0.6) is 0 Å². The van der Waals surface area contributed by atoms with E-state index in [-0.39, 0.29) is 5.92 Å². The van der Waals surface area contributed by atoms with E-state index in [0.29, 0.717) is 17.8 Å². The molecule has 2 aliphatic rings. The first-order valence-electron chi connectivity index (χ1n) is 10.5. The zero-order valence-corrected chi connectivity index (χ0v) is 16.8. The molecule has 2 saturated heterocycles. The molecule has 0 amide bonds. The summed E-state index contributed by atoms with van der Waals surface area (Å²) in [4.78, 5) is 14.2. The van der Waals surface area contributed by atoms with Crippen molar-refractivity contribution in [2.45, 2.75) is 30.7 Å². The fourth-order valence-corrected chi connectivity index (χ4v) is 4.77. The number of hydrogen-bond acceptors (Lipinski definition) is 6. The first-order valence-corrected chi connectivity index (χ1v) is 10.5. The molecule has 3 aromatic rings. The number of benzene rings is 1. The van der Waals surface area contributed by atoms with E-state index in [2.05, 4.69) is 33.1 Å². The van der Waals surface area contributed by atoms with E-state index in [1.54, 1.807) is 0 Å². The fourth-order valence-electron chi connectivity index (χ4n) is 4.77. The predicted molar refractivity (Wildman–Crippen MR) is 112 cm³/mol. The number of likely N-dealkylation sites (tertiary alicyclic amines) is 2. The first kappa shape index (κ1) is 18.5. The van der Waals surface area contributed by atoms with Gasteiger partial charge in [0.2, 0.25) is 11.7 Å². The van der Waals surface area contributed by atoms with Gasteiger partial charge in [0, 0.05) is 43.0 Å². The van der Waals surface area contributed by atoms with Crippen LogP contribution in [0, 0.1) is 0 Å². The molecule has 2 fully saturated rings. The molecule has 0 saturated carbocycles. The van der Waals surface area contributed by atoms with Crippen molar-refractivity contribution in [3.8, 4) is 11.4 Å². The van der Waals surface area contributed by atoms with Crippen LogP contribution in [0.2, 0.25) is 0 Å². The Kier molecular flexibility index (Phi) is 5.12. The lowest BCUT2D eigenvalue weighted by Crippen LogP contribution is -2.42. The molecule has 0 radical (unpaired) electrons. The van der Waals surface area contributed by atoms with Gasteiger partial charge in [-0.3, -0.25) is 9.88 Å². The SMILES string of the molecule is CN1CCC(N2C[C@@H](c3cccnc3)[C@H](c3nc(-c4ccccc4)no3)C2)CC1. The Bertz CT molecular complexity index is 921. The van der Waals surface area contributed by atoms with Gasteiger partial charge in [0.1, 0.15) is 0 Å². The number of nitrogens with zero attached hydrogens (tertiary/aromatic N) is 5. The van der Waals surface area contributed by atoms with Crippen molar-refractivity contribution in [3.63, 3.8) is 0 Å². The highest BCUT2D eigenvalue weighted by Gasteiger charge is 2.41. The van der Waals surface area contributed by atoms with Gasteiger partial charge < -0.3 is 9.42 Å². The van der Waals surface area contributed by atoms with Crippen LogP contribution in [0.25, 0.3) is 11.4 Å². The van der Waals surface area contributed by atoms with Crippen LogP contribution >= 0.6 is 0 Å². The molecule has 150 valence electrons. The van der Waals surface area contributed by atoms with Crippen molar-refractivity contribution in [1.82, 2.24) is 24.9 Å². The molecule has 0 aliphatic carbocycles. The van der Waals surface area contributed by atoms with E-state index >= 15 is 0 Å². The molecule has 0 unspecified atom stereocenters. The molecular formula is C23H27N5O. The molecule has 0 N–H and O–H groups in total. The van der Waals surface area contributed by atoms with E-state index in [1.165, 1.54) is 31.5 Å². The molecule has 1 aromatic carbocycles. The van der Waals surface area contributed by atoms with Crippen molar-refractivity contribution < 1.29 is 4.52 Å². The van der Waals surface area contributed by atoms with Crippen molar-refractivity contribution in [1.29, 1.82) is 0 Å². The maximum atomic E-state index is 5.79. The zero-order valence-electron chi connectivity index (χ0n) is 16.8. The average Bonchev–Trinajstić information content (AvgIpc) is 3.43. The maximum Gasteiger partial charge on any atom is 0.232 e. The van der Waals surface area contributed by atoms with Crippen molar-refractivity contribution in [3.05, 3.63) is 66.3 Å². The monoisotopic (exact) mass is 389 g/mol. The highest BCUT2D eigenvalue weighted by Crippen LogP contribution is 2.41. The number of piperidine rings is 1. The smallest absolute Gasteiger partial charge is 0.232 e. The normalized spacial score (nSPS) is 24.2. The van der Waals surface area contributed by atoms with Gasteiger partial charge >= 0.3 is 0 Å². The Morgan fingerprint density at radius 3 is 2.52 bits per heavy atom. The second-order valence-corrected chi connectivity index (χ2v) is 8.31. The van der Waals surface area contributed by atoms with E-state index in [4.69, 9.17) is 9.51 Å². The van der Waals surface area contributed by atoms with Gasteiger partial charge in [-0.05, 0) is 44.6 Å². The van der Waals surface area contributed by atoms with E-state index in [1.807, 2.05) is 48.8 Å². The number of rotatable bonds is 4. The Hall–Kier alpha value is -2.57. The van der Waals surface area contributed by atoms with Crippen LogP contribution in [0.15, 0.2) is 59.4 Å². The summed E-state index contributed by atoms with van der Waals surface area (Å²) >= 11 is 0. The molecule has 2 aliphatic heterocycles. The molecular weight excluding hydrogens is 362 g/mol. The topological polar surface area (TPSA) is 58.3 Å². The second kappa shape index (κ2) is 8.05. The van der Waals surface area contributed by atoms with E-state index in [9.17, 15) is 0 Å². The van der Waals surface area contributed by atoms with Crippen LogP contribution in [-0.2, 0) is 0 Å². The summed E-state index contributed by atoms with van der Waals surface area (Å²) in [5, 5.41) is 4.28. The van der Waals surface area contributed by atoms with Gasteiger partial charge in [-0.1, -0.05) is 41.6 Å². The van der Waals surface area contributed by atoms with Crippen LogP contribution < -0.4 is 0 Å². The Labute approximate surface area is 171 Å². The summed E-state index contributed by atoms with van der Waals surface area (Å²) in [5.74, 6) is 1.94. The summed E-state index contributed by atoms with van der Waals surface area (Å²) in [6.45, 7) is 4.32. The third kappa shape index (κ3) is 3.82. The highest BCUT2D eigenvalue weighted by molar-refractivity contribution is 5.53. The van der Waals surface area contributed by atoms with Crippen molar-refractivity contribution >= 4 is 0 Å². The minimum Gasteiger partial charge on any atom is -0.339 e. The lowest BCUT2D eigenvalue weighted by molar-refractivity contribution is 0.140. The molecule has 0 bridgehead atoms. The van der Waals surface area contributed by atoms with Crippen LogP contribution in [0.3, 0.4) is 0 Å². The average molecular weight is 390 g/mol. The van der Waals surface area contributed by atoms with Crippen molar-refractivity contribution in [2.24, 2.45) is 0 Å². The number of pyridine rings is 1. The Morgan fingerprint density at radius 1 is 0.966 bits per heavy atom. The first-order chi connectivity index (χ1) is 14.3. The molecule has 6 nitrogen and oxygen atoms in total. The van der Waals surface area contributed by atoms with E-state index < -0.39 is 0 Å². The summed E-state index contributed by atoms with van der Waals surface area (Å²) in [7, 11) is 2.21. The van der Waals surface area contributed by atoms with Gasteiger partial charge in [-0.2, -0.15) is 4.98 Å². The van der Waals surface area contributed by atoms with Gasteiger partial charge in [0.05, 0.1) is 5.92 Å². The molecule has 2 atom stereocenters. The summed E-state index contributed by atoms with van der Waals surface area (Å²) in [6.07, 6.45) is 6.27. The minimum atomic E-state index is 0.198. The van der Waals surface area contributed by atoms with E-state index in [0.717, 1.165) is 24.5 Å². The quantitative estimate of drug-likeness (QED) is 0.682. The highest BCUT2D eigenvalue weighted by atomic mass is 16.5. The standard InChI is InChI=1S/C23H27N5O/c1-27-12-9-19(10-13-27)28-15-20(18-8-5-11-24-14-18)21(16-28)23-25-22(26-29-23)17-6-3-2-4-7-17/h2-8,11,14,19-21H,9-10,12-13,15-16H2,1H3/t20-,21+/m0/s1. The predicted octanol–water partition coefficient (Wildman–Crippen LogP) is 3.41. The Balaban J connectivity index is 1.42. The van der Waals surface area contributed by atoms with Gasteiger partial charge in [-0.25, -0.2) is 0 Å². The summed E-state index contributed by atoms with van der Waals surface area (Å²) in [5.41, 5.74) is 2.25. The summed E-state index contributed by atoms with van der Waals surface area (Å²) < 4.78 is 5.79. The van der Waals surface area contributed by atoms with Gasteiger partial charge in [-0.15, -0.1) is 0 Å². The number of hydrogen-bond donors (Lipinski definition) is 0. The van der Waals surface area contributed by atoms with Crippen LogP contribution in [0.4, 0.5) is 0 Å². The maximum absolute atomic E-state index is 5.79. The third-order valence-electron chi connectivity index (χ3n) is 6.46. The van der Waals surface area contributed by atoms with Crippen LogP contribution in [-0.4, -0.2) is 64.2 Å². The van der Waals surface area contributed by atoms with Gasteiger partial charge in [0.25, 0.3) is 0 Å². The molecule has 0 spiro atoms. The summed E-state index contributed by atoms with van der Waals surface area (Å²) in [6, 6.07) is 14.9. The molecule has 4 heterocycles. The minimum absolute atomic E-state index is 0.198. The lowest BCUT2D eigenvalue weighted by atomic mass is 9.90. The molecule has 5 rings (SSSR count). The largest absolute Gasteiger partial charge is 0.339 e. The molecule has 2 aromatic heterocycles. The zero-order chi connectivity index (χ0) is 19.6. The fraction of sp³-hybridized carbons (Fsp3) is 0.435. The lowest BCUT2D eigenvalue weighted by Gasteiger charge is -2.35. The van der Waals surface area contributed by atoms with Gasteiger partial charge in [0.15, 0.2) is 0 Å². The molecule has 6 heteroatoms. The van der Waals surface area contributed by atoms with Crippen molar-refractivity contribution in [2.75, 3.05) is 33.2 Å². The second-order valence-electron chi connectivity index (χ2n) is 8.31. The molecule has 29 heavy (non-hydrogen) atoms. The Morgan fingerprint density at radius 2 is 1.76 bits per heavy atom. The van der Waals surface area contributed by atoms with Crippen LogP contribution in [0.1, 0.15) is 36.1 Å². The number of aromatic nitrogens is 3.